The number of hydrogen-bond acceptors (Lipinski definition) is 6. The minimum Gasteiger partial charge on any atom is -0.493 e. The molecule has 29 heavy (non-hydrogen) atoms. The van der Waals surface area contributed by atoms with Gasteiger partial charge in [0.25, 0.3) is 0 Å². The number of hydrogen-bond donors (Lipinski definition) is 0. The zero-order valence-electron chi connectivity index (χ0n) is 16.8. The summed E-state index contributed by atoms with van der Waals surface area (Å²) in [6.07, 6.45) is 6.67. The predicted molar refractivity (Wildman–Crippen MR) is 117 cm³/mol. The summed E-state index contributed by atoms with van der Waals surface area (Å²) >= 11 is 5.81. The van der Waals surface area contributed by atoms with Crippen LogP contribution in [0, 0.1) is 12.8 Å². The van der Waals surface area contributed by atoms with E-state index in [1.165, 1.54) is 0 Å². The van der Waals surface area contributed by atoms with Crippen molar-refractivity contribution in [3.8, 4) is 5.75 Å². The monoisotopic (exact) mass is 414 g/mol. The summed E-state index contributed by atoms with van der Waals surface area (Å²) in [6, 6.07) is 9.74. The van der Waals surface area contributed by atoms with Gasteiger partial charge in [0.2, 0.25) is 0 Å². The molecule has 1 aromatic carbocycles. The zero-order valence-corrected chi connectivity index (χ0v) is 17.5. The number of ether oxygens (including phenoxy) is 1. The molecule has 1 aliphatic rings. The number of benzene rings is 1. The lowest BCUT2D eigenvalue weighted by atomic mass is 9.94. The van der Waals surface area contributed by atoms with Crippen molar-refractivity contribution in [2.24, 2.45) is 11.1 Å². The van der Waals surface area contributed by atoms with E-state index in [2.05, 4.69) is 26.8 Å². The Morgan fingerprint density at radius 1 is 1.24 bits per heavy atom. The topological polar surface area (TPSA) is 59.8 Å². The molecule has 0 bridgehead atoms. The van der Waals surface area contributed by atoms with Gasteiger partial charge in [-0.2, -0.15) is 0 Å². The van der Waals surface area contributed by atoms with E-state index in [1.807, 2.05) is 31.2 Å². The molecule has 0 N–H and O–H groups in total. The highest BCUT2D eigenvalue weighted by Gasteiger charge is 2.20. The summed E-state index contributed by atoms with van der Waals surface area (Å²) in [4.78, 5) is 7.30. The summed E-state index contributed by atoms with van der Waals surface area (Å²) < 4.78 is 6.02. The van der Waals surface area contributed by atoms with Gasteiger partial charge in [-0.3, -0.25) is 0 Å². The molecule has 1 aromatic heterocycles. The third kappa shape index (κ3) is 6.46. The van der Waals surface area contributed by atoms with Crippen LogP contribution in [0.3, 0.4) is 0 Å². The first-order chi connectivity index (χ1) is 14.2. The molecule has 0 saturated carbocycles. The number of piperidine rings is 1. The van der Waals surface area contributed by atoms with Gasteiger partial charge in [-0.05, 0) is 73.6 Å². The van der Waals surface area contributed by atoms with E-state index in [0.29, 0.717) is 17.7 Å². The van der Waals surface area contributed by atoms with Gasteiger partial charge in [0.05, 0.1) is 12.8 Å². The molecule has 7 heteroatoms. The Hall–Kier alpha value is -2.60. The maximum atomic E-state index is 6.02. The van der Waals surface area contributed by atoms with Crippen LogP contribution in [-0.2, 0) is 4.84 Å². The largest absolute Gasteiger partial charge is 0.493 e. The smallest absolute Gasteiger partial charge is 0.151 e. The summed E-state index contributed by atoms with van der Waals surface area (Å²) in [5, 5.41) is 12.4. The molecule has 0 aliphatic carbocycles. The molecule has 154 valence electrons. The van der Waals surface area contributed by atoms with Gasteiger partial charge >= 0.3 is 0 Å². The Balaban J connectivity index is 1.40. The quantitative estimate of drug-likeness (QED) is 0.258. The number of nitrogens with zero attached hydrogens (tertiary/aromatic N) is 4. The zero-order chi connectivity index (χ0) is 20.5. The fourth-order valence-corrected chi connectivity index (χ4v) is 3.47. The highest BCUT2D eigenvalue weighted by atomic mass is 35.5. The minimum absolute atomic E-state index is 0.405. The average Bonchev–Trinajstić information content (AvgIpc) is 2.74. The maximum Gasteiger partial charge on any atom is 0.151 e. The lowest BCUT2D eigenvalue weighted by Gasteiger charge is -2.32. The van der Waals surface area contributed by atoms with Crippen LogP contribution in [0.15, 0.2) is 48.1 Å². The highest BCUT2D eigenvalue weighted by molar-refractivity contribution is 6.29. The normalized spacial score (nSPS) is 14.9. The van der Waals surface area contributed by atoms with Crippen molar-refractivity contribution in [3.63, 3.8) is 0 Å². The van der Waals surface area contributed by atoms with Gasteiger partial charge in [-0.15, -0.1) is 10.2 Å². The molecular weight excluding hydrogens is 388 g/mol. The van der Waals surface area contributed by atoms with Crippen LogP contribution in [0.2, 0.25) is 5.15 Å². The van der Waals surface area contributed by atoms with E-state index in [1.54, 1.807) is 18.4 Å². The van der Waals surface area contributed by atoms with E-state index < -0.39 is 0 Å². The second-order valence-corrected chi connectivity index (χ2v) is 7.51. The first-order valence-corrected chi connectivity index (χ1v) is 10.3. The van der Waals surface area contributed by atoms with Crippen molar-refractivity contribution in [2.75, 3.05) is 31.2 Å². The number of aryl methyl sites for hydroxylation is 1. The van der Waals surface area contributed by atoms with Gasteiger partial charge in [-0.25, -0.2) is 0 Å². The Labute approximate surface area is 177 Å². The van der Waals surface area contributed by atoms with Gasteiger partial charge in [0, 0.05) is 13.1 Å². The molecule has 0 radical (unpaired) electrons. The molecule has 2 aromatic rings. The molecule has 1 fully saturated rings. The summed E-state index contributed by atoms with van der Waals surface area (Å²) in [6.45, 7) is 8.74. The molecule has 2 heterocycles. The van der Waals surface area contributed by atoms with Crippen molar-refractivity contribution in [3.05, 3.63) is 59.3 Å². The van der Waals surface area contributed by atoms with Gasteiger partial charge in [-0.1, -0.05) is 29.4 Å². The van der Waals surface area contributed by atoms with E-state index in [0.717, 1.165) is 61.7 Å². The Bertz CT molecular complexity index is 818. The van der Waals surface area contributed by atoms with Crippen LogP contribution in [0.4, 0.5) is 5.82 Å². The van der Waals surface area contributed by atoms with E-state index in [4.69, 9.17) is 21.2 Å². The van der Waals surface area contributed by atoms with E-state index >= 15 is 0 Å². The molecule has 0 atom stereocenters. The summed E-state index contributed by atoms with van der Waals surface area (Å²) in [5.41, 5.74) is 2.07. The first-order valence-electron chi connectivity index (χ1n) is 9.89. The number of aromatic nitrogens is 2. The molecular formula is C22H27ClN4O2. The van der Waals surface area contributed by atoms with Crippen molar-refractivity contribution in [1.82, 2.24) is 10.2 Å². The number of oxime groups is 1. The molecule has 0 amide bonds. The Kier molecular flexibility index (Phi) is 7.87. The fraction of sp³-hybridized carbons (Fsp3) is 0.409. The lowest BCUT2D eigenvalue weighted by Crippen LogP contribution is -2.34. The molecule has 3 rings (SSSR count). The fourth-order valence-electron chi connectivity index (χ4n) is 3.37. The van der Waals surface area contributed by atoms with Gasteiger partial charge in [0.15, 0.2) is 11.0 Å². The average molecular weight is 415 g/mol. The van der Waals surface area contributed by atoms with Crippen molar-refractivity contribution in [1.29, 1.82) is 0 Å². The van der Waals surface area contributed by atoms with Crippen molar-refractivity contribution < 1.29 is 9.57 Å². The Morgan fingerprint density at radius 2 is 2.07 bits per heavy atom. The Morgan fingerprint density at radius 3 is 2.76 bits per heavy atom. The van der Waals surface area contributed by atoms with Crippen LogP contribution >= 0.6 is 11.6 Å². The number of halogens is 1. The van der Waals surface area contributed by atoms with E-state index in [9.17, 15) is 0 Å². The van der Waals surface area contributed by atoms with Gasteiger partial charge in [0.1, 0.15) is 12.4 Å². The second kappa shape index (κ2) is 10.8. The first kappa shape index (κ1) is 21.1. The SMILES string of the molecule is C=CCON=Cc1ccc(OCCC2CCN(c3ccc(Cl)nn3)CC2)c(C)c1. The van der Waals surface area contributed by atoms with Crippen molar-refractivity contribution in [2.45, 2.75) is 26.2 Å². The molecule has 1 saturated heterocycles. The van der Waals surface area contributed by atoms with Gasteiger partial charge < -0.3 is 14.5 Å². The minimum atomic E-state index is 0.405. The third-order valence-corrected chi connectivity index (χ3v) is 5.21. The standard InChI is InChI=1S/C22H27ClN4O2/c1-3-13-29-24-16-19-4-5-20(17(2)15-19)28-14-10-18-8-11-27(12-9-18)22-7-6-21(23)25-26-22/h3-7,15-16,18H,1,8-14H2,2H3. The number of anilines is 1. The molecule has 6 nitrogen and oxygen atoms in total. The lowest BCUT2D eigenvalue weighted by molar-refractivity contribution is 0.176. The number of rotatable bonds is 9. The van der Waals surface area contributed by atoms with Crippen LogP contribution < -0.4 is 9.64 Å². The molecule has 0 spiro atoms. The predicted octanol–water partition coefficient (Wildman–Crippen LogP) is 4.66. The van der Waals surface area contributed by atoms with Crippen LogP contribution in [0.1, 0.15) is 30.4 Å². The van der Waals surface area contributed by atoms with Crippen LogP contribution in [0.25, 0.3) is 0 Å². The van der Waals surface area contributed by atoms with Crippen LogP contribution in [0.5, 0.6) is 5.75 Å². The highest BCUT2D eigenvalue weighted by Crippen LogP contribution is 2.25. The van der Waals surface area contributed by atoms with Crippen molar-refractivity contribution >= 4 is 23.6 Å². The third-order valence-electron chi connectivity index (χ3n) is 5.01. The van der Waals surface area contributed by atoms with E-state index in [-0.39, 0.29) is 0 Å². The summed E-state index contributed by atoms with van der Waals surface area (Å²) in [5.74, 6) is 2.49. The molecule has 1 aliphatic heterocycles. The van der Waals surface area contributed by atoms with Crippen LogP contribution in [-0.4, -0.2) is 42.7 Å². The molecule has 0 unspecified atom stereocenters. The maximum absolute atomic E-state index is 6.02. The summed E-state index contributed by atoms with van der Waals surface area (Å²) in [7, 11) is 0. The second-order valence-electron chi connectivity index (χ2n) is 7.13.